The van der Waals surface area contributed by atoms with E-state index in [-0.39, 0.29) is 5.82 Å². The first-order valence-electron chi connectivity index (χ1n) is 6.91. The molecule has 0 bridgehead atoms. The van der Waals surface area contributed by atoms with Gasteiger partial charge in [0.25, 0.3) is 0 Å². The van der Waals surface area contributed by atoms with Crippen molar-refractivity contribution in [1.82, 2.24) is 4.90 Å². The zero-order valence-corrected chi connectivity index (χ0v) is 12.5. The van der Waals surface area contributed by atoms with E-state index in [0.29, 0.717) is 13.1 Å². The van der Waals surface area contributed by atoms with Gasteiger partial charge >= 0.3 is 0 Å². The minimum Gasteiger partial charge on any atom is -0.497 e. The molecule has 2 rings (SSSR count). The van der Waals surface area contributed by atoms with Gasteiger partial charge in [0.15, 0.2) is 0 Å². The largest absolute Gasteiger partial charge is 0.497 e. The van der Waals surface area contributed by atoms with Crippen LogP contribution in [0.15, 0.2) is 42.5 Å². The van der Waals surface area contributed by atoms with Gasteiger partial charge in [-0.25, -0.2) is 4.39 Å². The Kier molecular flexibility index (Phi) is 5.31. The number of rotatable bonds is 6. The summed E-state index contributed by atoms with van der Waals surface area (Å²) in [7, 11) is 3.66. The van der Waals surface area contributed by atoms with Crippen LogP contribution >= 0.6 is 0 Å². The van der Waals surface area contributed by atoms with Crippen LogP contribution in [0.4, 0.5) is 4.39 Å². The van der Waals surface area contributed by atoms with Crippen molar-refractivity contribution < 1.29 is 9.13 Å². The fraction of sp³-hybridized carbons (Fsp3) is 0.294. The summed E-state index contributed by atoms with van der Waals surface area (Å²) >= 11 is 0. The van der Waals surface area contributed by atoms with E-state index in [2.05, 4.69) is 4.90 Å². The molecular formula is C17H21FN2O. The van der Waals surface area contributed by atoms with Crippen LogP contribution < -0.4 is 10.5 Å². The minimum atomic E-state index is -0.222. The second-order valence-corrected chi connectivity index (χ2v) is 5.14. The molecular weight excluding hydrogens is 267 g/mol. The molecule has 0 amide bonds. The highest BCUT2D eigenvalue weighted by molar-refractivity contribution is 5.29. The van der Waals surface area contributed by atoms with Gasteiger partial charge in [0.2, 0.25) is 0 Å². The molecule has 0 aliphatic carbocycles. The molecule has 21 heavy (non-hydrogen) atoms. The number of hydrogen-bond acceptors (Lipinski definition) is 3. The lowest BCUT2D eigenvalue weighted by Gasteiger charge is -2.19. The van der Waals surface area contributed by atoms with Crippen molar-refractivity contribution in [1.29, 1.82) is 0 Å². The minimum absolute atomic E-state index is 0.222. The van der Waals surface area contributed by atoms with Gasteiger partial charge in [-0.2, -0.15) is 0 Å². The van der Waals surface area contributed by atoms with Crippen molar-refractivity contribution in [3.05, 3.63) is 65.0 Å². The van der Waals surface area contributed by atoms with Crippen molar-refractivity contribution in [2.45, 2.75) is 19.6 Å². The topological polar surface area (TPSA) is 38.5 Å². The molecule has 4 heteroatoms. The van der Waals surface area contributed by atoms with Gasteiger partial charge < -0.3 is 10.5 Å². The van der Waals surface area contributed by atoms with Crippen molar-refractivity contribution in [2.75, 3.05) is 14.2 Å². The maximum Gasteiger partial charge on any atom is 0.123 e. The van der Waals surface area contributed by atoms with Crippen molar-refractivity contribution >= 4 is 0 Å². The van der Waals surface area contributed by atoms with Crippen LogP contribution in [0.3, 0.4) is 0 Å². The van der Waals surface area contributed by atoms with E-state index in [1.54, 1.807) is 19.2 Å². The van der Waals surface area contributed by atoms with Gasteiger partial charge in [0, 0.05) is 19.6 Å². The Morgan fingerprint density at radius 1 is 1.05 bits per heavy atom. The summed E-state index contributed by atoms with van der Waals surface area (Å²) in [6.07, 6.45) is 0. The van der Waals surface area contributed by atoms with Crippen LogP contribution in [0.2, 0.25) is 0 Å². The number of benzene rings is 2. The molecule has 0 spiro atoms. The van der Waals surface area contributed by atoms with Crippen molar-refractivity contribution in [3.63, 3.8) is 0 Å². The Balaban J connectivity index is 2.03. The fourth-order valence-electron chi connectivity index (χ4n) is 2.33. The summed E-state index contributed by atoms with van der Waals surface area (Å²) in [5.74, 6) is 0.622. The lowest BCUT2D eigenvalue weighted by atomic mass is 10.1. The molecule has 3 nitrogen and oxygen atoms in total. The summed E-state index contributed by atoms with van der Waals surface area (Å²) in [5.41, 5.74) is 8.81. The van der Waals surface area contributed by atoms with E-state index < -0.39 is 0 Å². The summed E-state index contributed by atoms with van der Waals surface area (Å²) in [4.78, 5) is 2.13. The van der Waals surface area contributed by atoms with E-state index in [9.17, 15) is 4.39 Å². The van der Waals surface area contributed by atoms with Crippen LogP contribution in [0.1, 0.15) is 16.7 Å². The summed E-state index contributed by atoms with van der Waals surface area (Å²) in [5, 5.41) is 0. The van der Waals surface area contributed by atoms with Crippen LogP contribution in [0.5, 0.6) is 5.75 Å². The normalized spacial score (nSPS) is 10.9. The molecule has 0 saturated heterocycles. The first kappa shape index (κ1) is 15.5. The van der Waals surface area contributed by atoms with Crippen LogP contribution in [0, 0.1) is 5.82 Å². The first-order valence-corrected chi connectivity index (χ1v) is 6.91. The third-order valence-electron chi connectivity index (χ3n) is 3.44. The van der Waals surface area contributed by atoms with E-state index in [1.807, 2.05) is 31.3 Å². The Labute approximate surface area is 125 Å². The fourth-order valence-corrected chi connectivity index (χ4v) is 2.33. The second-order valence-electron chi connectivity index (χ2n) is 5.14. The van der Waals surface area contributed by atoms with Gasteiger partial charge in [-0.05, 0) is 48.0 Å². The van der Waals surface area contributed by atoms with Crippen molar-refractivity contribution in [2.24, 2.45) is 5.73 Å². The maximum absolute atomic E-state index is 13.4. The van der Waals surface area contributed by atoms with Gasteiger partial charge in [0.1, 0.15) is 11.6 Å². The van der Waals surface area contributed by atoms with Gasteiger partial charge in [-0.3, -0.25) is 4.90 Å². The molecule has 112 valence electrons. The predicted molar refractivity (Wildman–Crippen MR) is 82.5 cm³/mol. The standard InChI is InChI=1S/C17H21FN2O/c1-20(11-13-3-7-17(21-2)8-4-13)12-15-9-16(18)6-5-14(15)10-19/h3-9H,10-12,19H2,1-2H3. The molecule has 2 aromatic rings. The second kappa shape index (κ2) is 7.20. The van der Waals surface area contributed by atoms with E-state index in [1.165, 1.54) is 11.6 Å². The third-order valence-corrected chi connectivity index (χ3v) is 3.44. The maximum atomic E-state index is 13.4. The predicted octanol–water partition coefficient (Wildman–Crippen LogP) is 2.93. The molecule has 0 radical (unpaired) electrons. The molecule has 2 aromatic carbocycles. The summed E-state index contributed by atoms with van der Waals surface area (Å²) in [6.45, 7) is 1.87. The molecule has 0 aliphatic rings. The number of ether oxygens (including phenoxy) is 1. The van der Waals surface area contributed by atoms with Crippen molar-refractivity contribution in [3.8, 4) is 5.75 Å². The molecule has 0 unspecified atom stereocenters. The highest BCUT2D eigenvalue weighted by Gasteiger charge is 2.07. The zero-order chi connectivity index (χ0) is 15.2. The average molecular weight is 288 g/mol. The lowest BCUT2D eigenvalue weighted by molar-refractivity contribution is 0.317. The summed E-state index contributed by atoms with van der Waals surface area (Å²) in [6, 6.07) is 12.7. The van der Waals surface area contributed by atoms with Gasteiger partial charge in [-0.15, -0.1) is 0 Å². The summed E-state index contributed by atoms with van der Waals surface area (Å²) < 4.78 is 18.5. The van der Waals surface area contributed by atoms with E-state index in [0.717, 1.165) is 23.4 Å². The number of nitrogens with two attached hydrogens (primary N) is 1. The first-order chi connectivity index (χ1) is 10.1. The van der Waals surface area contributed by atoms with Crippen LogP contribution in [-0.4, -0.2) is 19.1 Å². The molecule has 0 heterocycles. The molecule has 0 fully saturated rings. The smallest absolute Gasteiger partial charge is 0.123 e. The van der Waals surface area contributed by atoms with E-state index in [4.69, 9.17) is 10.5 Å². The highest BCUT2D eigenvalue weighted by atomic mass is 19.1. The average Bonchev–Trinajstić information content (AvgIpc) is 2.48. The highest BCUT2D eigenvalue weighted by Crippen LogP contribution is 2.16. The molecule has 2 N–H and O–H groups in total. The van der Waals surface area contributed by atoms with Crippen LogP contribution in [0.25, 0.3) is 0 Å². The number of hydrogen-bond donors (Lipinski definition) is 1. The SMILES string of the molecule is COc1ccc(CN(C)Cc2cc(F)ccc2CN)cc1. The molecule has 0 atom stereocenters. The van der Waals surface area contributed by atoms with Gasteiger partial charge in [-0.1, -0.05) is 18.2 Å². The molecule has 0 saturated carbocycles. The quantitative estimate of drug-likeness (QED) is 0.888. The molecule has 0 aliphatic heterocycles. The lowest BCUT2D eigenvalue weighted by Crippen LogP contribution is -2.19. The Morgan fingerprint density at radius 3 is 2.38 bits per heavy atom. The Morgan fingerprint density at radius 2 is 1.76 bits per heavy atom. The zero-order valence-electron chi connectivity index (χ0n) is 12.5. The number of nitrogens with zero attached hydrogens (tertiary/aromatic N) is 1. The Bertz CT molecular complexity index is 584. The monoisotopic (exact) mass is 288 g/mol. The number of methoxy groups -OCH3 is 1. The third kappa shape index (κ3) is 4.28. The van der Waals surface area contributed by atoms with Gasteiger partial charge in [0.05, 0.1) is 7.11 Å². The number of halogens is 1. The Hall–Kier alpha value is -1.91. The molecule has 0 aromatic heterocycles. The van der Waals surface area contributed by atoms with E-state index >= 15 is 0 Å². The van der Waals surface area contributed by atoms with Crippen LogP contribution in [-0.2, 0) is 19.6 Å².